The van der Waals surface area contributed by atoms with E-state index >= 15 is 0 Å². The Kier molecular flexibility index (Phi) is 2.11. The van der Waals surface area contributed by atoms with Crippen molar-refractivity contribution in [3.63, 3.8) is 0 Å². The van der Waals surface area contributed by atoms with E-state index in [9.17, 15) is 0 Å². The predicted molar refractivity (Wildman–Crippen MR) is 64.8 cm³/mol. The third kappa shape index (κ3) is 1.23. The minimum absolute atomic E-state index is 0.462. The van der Waals surface area contributed by atoms with Gasteiger partial charge in [-0.2, -0.15) is 5.26 Å². The van der Waals surface area contributed by atoms with Gasteiger partial charge in [-0.05, 0) is 47.8 Å². The summed E-state index contributed by atoms with van der Waals surface area (Å²) in [6, 6.07) is 10.8. The molecule has 1 fully saturated rings. The number of hydrogen-bond acceptors (Lipinski definition) is 1. The Hall–Kier alpha value is -1.55. The normalized spacial score (nSPS) is 23.6. The van der Waals surface area contributed by atoms with Gasteiger partial charge < -0.3 is 0 Å². The zero-order valence-corrected chi connectivity index (χ0v) is 9.37. The maximum Gasteiger partial charge on any atom is 0.0915 e. The molecule has 0 heterocycles. The molecule has 0 aromatic heterocycles. The predicted octanol–water partition coefficient (Wildman–Crippen LogP) is 3.81. The Balaban J connectivity index is 2.14. The van der Waals surface area contributed by atoms with Crippen LogP contribution in [0, 0.1) is 11.3 Å². The molecule has 0 N–H and O–H groups in total. The Morgan fingerprint density at radius 1 is 1.19 bits per heavy atom. The van der Waals surface area contributed by atoms with Crippen molar-refractivity contribution < 1.29 is 0 Å². The van der Waals surface area contributed by atoms with Crippen molar-refractivity contribution in [2.24, 2.45) is 0 Å². The minimum atomic E-state index is 0.462. The lowest BCUT2D eigenvalue weighted by Crippen LogP contribution is -2.37. The van der Waals surface area contributed by atoms with Crippen molar-refractivity contribution >= 4 is 5.57 Å². The van der Waals surface area contributed by atoms with Crippen LogP contribution in [-0.2, 0) is 5.41 Å². The van der Waals surface area contributed by atoms with Gasteiger partial charge in [0.25, 0.3) is 0 Å². The monoisotopic (exact) mass is 209 g/mol. The molecule has 0 atom stereocenters. The number of benzene rings is 1. The molecule has 0 aliphatic heterocycles. The van der Waals surface area contributed by atoms with E-state index in [4.69, 9.17) is 5.26 Å². The summed E-state index contributed by atoms with van der Waals surface area (Å²) in [4.78, 5) is 0. The second kappa shape index (κ2) is 3.49. The molecule has 2 aliphatic rings. The first-order chi connectivity index (χ1) is 7.86. The molecule has 80 valence electrons. The Morgan fingerprint density at radius 2 is 2.00 bits per heavy atom. The highest BCUT2D eigenvalue weighted by atomic mass is 14.5. The molecule has 0 bridgehead atoms. The van der Waals surface area contributed by atoms with Crippen molar-refractivity contribution in [1.82, 2.24) is 0 Å². The van der Waals surface area contributed by atoms with Gasteiger partial charge in [0, 0.05) is 6.08 Å². The summed E-state index contributed by atoms with van der Waals surface area (Å²) in [5.41, 5.74) is 4.52. The van der Waals surface area contributed by atoms with Crippen LogP contribution in [0.4, 0.5) is 0 Å². The van der Waals surface area contributed by atoms with Gasteiger partial charge in [0.2, 0.25) is 0 Å². The quantitative estimate of drug-likeness (QED) is 0.596. The van der Waals surface area contributed by atoms with Gasteiger partial charge >= 0.3 is 0 Å². The number of nitriles is 1. The van der Waals surface area contributed by atoms with Crippen LogP contribution in [0.1, 0.15) is 43.2 Å². The van der Waals surface area contributed by atoms with Crippen molar-refractivity contribution in [1.29, 1.82) is 5.26 Å². The van der Waals surface area contributed by atoms with Gasteiger partial charge in [-0.25, -0.2) is 0 Å². The highest BCUT2D eigenvalue weighted by Gasteiger charge is 2.42. The zero-order chi connectivity index (χ0) is 11.0. The number of hydrogen-bond donors (Lipinski definition) is 0. The summed E-state index contributed by atoms with van der Waals surface area (Å²) in [7, 11) is 0. The van der Waals surface area contributed by atoms with E-state index in [1.807, 2.05) is 0 Å². The first kappa shape index (κ1) is 9.66. The van der Waals surface area contributed by atoms with Crippen LogP contribution in [0.15, 0.2) is 30.3 Å². The van der Waals surface area contributed by atoms with Gasteiger partial charge in [0.15, 0.2) is 0 Å². The summed E-state index contributed by atoms with van der Waals surface area (Å²) in [5.74, 6) is 0. The molecule has 16 heavy (non-hydrogen) atoms. The average molecular weight is 209 g/mol. The van der Waals surface area contributed by atoms with E-state index in [1.54, 1.807) is 6.08 Å². The van der Waals surface area contributed by atoms with Gasteiger partial charge in [-0.15, -0.1) is 0 Å². The molecular weight excluding hydrogens is 194 g/mol. The number of fused-ring (bicyclic) bond motifs is 2. The lowest BCUT2D eigenvalue weighted by atomic mass is 9.57. The molecule has 0 saturated heterocycles. The number of nitrogens with zero attached hydrogens (tertiary/aromatic N) is 1. The van der Waals surface area contributed by atoms with Crippen LogP contribution in [-0.4, -0.2) is 0 Å². The largest absolute Gasteiger partial charge is 0.193 e. The third-order valence-corrected chi connectivity index (χ3v) is 4.27. The first-order valence-electron chi connectivity index (χ1n) is 6.04. The Morgan fingerprint density at radius 3 is 2.69 bits per heavy atom. The summed E-state index contributed by atoms with van der Waals surface area (Å²) in [6.07, 6.45) is 8.08. The molecule has 1 saturated carbocycles. The molecule has 3 rings (SSSR count). The lowest BCUT2D eigenvalue weighted by molar-refractivity contribution is 0.223. The van der Waals surface area contributed by atoms with Crippen molar-refractivity contribution in [3.8, 4) is 6.07 Å². The van der Waals surface area contributed by atoms with Crippen molar-refractivity contribution in [3.05, 3.63) is 41.5 Å². The smallest absolute Gasteiger partial charge is 0.0915 e. The van der Waals surface area contributed by atoms with E-state index in [-0.39, 0.29) is 0 Å². The summed E-state index contributed by atoms with van der Waals surface area (Å²) >= 11 is 0. The van der Waals surface area contributed by atoms with Crippen molar-refractivity contribution in [2.45, 2.75) is 37.5 Å². The summed E-state index contributed by atoms with van der Waals surface area (Å²) < 4.78 is 0. The first-order valence-corrected chi connectivity index (χ1v) is 6.04. The Bertz CT molecular complexity index is 486. The van der Waals surface area contributed by atoms with Gasteiger partial charge in [0.1, 0.15) is 0 Å². The minimum Gasteiger partial charge on any atom is -0.193 e. The molecule has 1 aromatic carbocycles. The highest BCUT2D eigenvalue weighted by molar-refractivity contribution is 5.73. The van der Waals surface area contributed by atoms with Crippen LogP contribution >= 0.6 is 0 Å². The third-order valence-electron chi connectivity index (χ3n) is 4.27. The molecular formula is C15H15N. The van der Waals surface area contributed by atoms with E-state index in [2.05, 4.69) is 30.3 Å². The number of rotatable bonds is 0. The van der Waals surface area contributed by atoms with Gasteiger partial charge in [-0.3, -0.25) is 0 Å². The molecule has 1 spiro atoms. The molecule has 1 heteroatoms. The van der Waals surface area contributed by atoms with E-state index < -0.39 is 0 Å². The molecule has 1 nitrogen and oxygen atoms in total. The second-order valence-electron chi connectivity index (χ2n) is 4.98. The molecule has 1 aromatic rings. The number of allylic oxidation sites excluding steroid dienone is 2. The standard InChI is InChI=1S/C15H15N/c16-11-7-12-6-10-15(8-3-9-15)14-5-2-1-4-13(12)14/h1-2,4-5,7H,3,6,8-10H2/b12-7+. The van der Waals surface area contributed by atoms with Crippen LogP contribution in [0.2, 0.25) is 0 Å². The second-order valence-corrected chi connectivity index (χ2v) is 4.98. The maximum absolute atomic E-state index is 8.82. The van der Waals surface area contributed by atoms with Gasteiger partial charge in [-0.1, -0.05) is 30.7 Å². The summed E-state index contributed by atoms with van der Waals surface area (Å²) in [5, 5.41) is 8.82. The van der Waals surface area contributed by atoms with Crippen molar-refractivity contribution in [2.75, 3.05) is 0 Å². The summed E-state index contributed by atoms with van der Waals surface area (Å²) in [6.45, 7) is 0. The van der Waals surface area contributed by atoms with Crippen LogP contribution in [0.25, 0.3) is 5.57 Å². The van der Waals surface area contributed by atoms with E-state index in [0.29, 0.717) is 5.41 Å². The van der Waals surface area contributed by atoms with E-state index in [0.717, 1.165) is 6.42 Å². The molecule has 0 amide bonds. The highest BCUT2D eigenvalue weighted by Crippen LogP contribution is 2.53. The maximum atomic E-state index is 8.82. The van der Waals surface area contributed by atoms with Crippen LogP contribution in [0.5, 0.6) is 0 Å². The SMILES string of the molecule is N#C/C=C1\CCC2(CCC2)c2ccccc21. The Labute approximate surface area is 96.4 Å². The average Bonchev–Trinajstić information content (AvgIpc) is 2.28. The molecule has 2 aliphatic carbocycles. The fraction of sp³-hybridized carbons (Fsp3) is 0.400. The fourth-order valence-corrected chi connectivity index (χ4v) is 3.22. The van der Waals surface area contributed by atoms with Crippen LogP contribution in [0.3, 0.4) is 0 Å². The molecule has 0 radical (unpaired) electrons. The zero-order valence-electron chi connectivity index (χ0n) is 9.37. The van der Waals surface area contributed by atoms with Crippen LogP contribution < -0.4 is 0 Å². The van der Waals surface area contributed by atoms with E-state index in [1.165, 1.54) is 42.4 Å². The fourth-order valence-electron chi connectivity index (χ4n) is 3.22. The topological polar surface area (TPSA) is 23.8 Å². The molecule has 0 unspecified atom stereocenters. The van der Waals surface area contributed by atoms with Gasteiger partial charge in [0.05, 0.1) is 6.07 Å². The lowest BCUT2D eigenvalue weighted by Gasteiger charge is -2.47.